The van der Waals surface area contributed by atoms with E-state index in [9.17, 15) is 0 Å². The van der Waals surface area contributed by atoms with Gasteiger partial charge in [0.05, 0.1) is 6.20 Å². The molecule has 1 saturated heterocycles. The van der Waals surface area contributed by atoms with Gasteiger partial charge in [0.2, 0.25) is 5.58 Å². The van der Waals surface area contributed by atoms with Crippen LogP contribution in [0.1, 0.15) is 12.8 Å². The number of ether oxygens (including phenoxy) is 1. The minimum atomic E-state index is 0.471. The van der Waals surface area contributed by atoms with Gasteiger partial charge < -0.3 is 14.6 Å². The van der Waals surface area contributed by atoms with Gasteiger partial charge in [-0.05, 0) is 31.5 Å². The normalized spacial score (nSPS) is 20.4. The first-order valence-corrected chi connectivity index (χ1v) is 5.63. The molecule has 1 aliphatic heterocycles. The molecule has 0 aliphatic carbocycles. The lowest BCUT2D eigenvalue weighted by atomic mass is 10.2. The second-order valence-electron chi connectivity index (χ2n) is 4.10. The highest BCUT2D eigenvalue weighted by Gasteiger charge is 2.15. The van der Waals surface area contributed by atoms with Gasteiger partial charge in [0.15, 0.2) is 5.75 Å². The molecule has 0 saturated carbocycles. The van der Waals surface area contributed by atoms with Gasteiger partial charge in [0.1, 0.15) is 6.61 Å². The minimum absolute atomic E-state index is 0.471. The van der Waals surface area contributed by atoms with Gasteiger partial charge in [-0.3, -0.25) is 0 Å². The van der Waals surface area contributed by atoms with Gasteiger partial charge in [-0.15, -0.1) is 0 Å². The van der Waals surface area contributed by atoms with Crippen LogP contribution in [0.4, 0.5) is 0 Å². The fraction of sp³-hybridized carbons (Fsp3) is 0.417. The number of aromatic nitrogens is 1. The average molecular weight is 218 g/mol. The molecule has 1 aromatic carbocycles. The fourth-order valence-corrected chi connectivity index (χ4v) is 2.07. The molecular formula is C12H14N2O2. The number of hydrogen-bond acceptors (Lipinski definition) is 4. The topological polar surface area (TPSA) is 47.3 Å². The number of para-hydroxylation sites is 1. The monoisotopic (exact) mass is 218 g/mol. The van der Waals surface area contributed by atoms with Gasteiger partial charge in [0.25, 0.3) is 0 Å². The van der Waals surface area contributed by atoms with Crippen molar-refractivity contribution in [2.75, 3.05) is 13.2 Å². The first-order valence-electron chi connectivity index (χ1n) is 5.63. The number of rotatable bonds is 3. The summed E-state index contributed by atoms with van der Waals surface area (Å²) in [4.78, 5) is 0. The van der Waals surface area contributed by atoms with Crippen molar-refractivity contribution >= 4 is 11.0 Å². The molecule has 4 heteroatoms. The lowest BCUT2D eigenvalue weighted by Gasteiger charge is -2.11. The zero-order valence-electron chi connectivity index (χ0n) is 8.98. The predicted molar refractivity (Wildman–Crippen MR) is 60.5 cm³/mol. The van der Waals surface area contributed by atoms with E-state index in [2.05, 4.69) is 10.5 Å². The van der Waals surface area contributed by atoms with Crippen molar-refractivity contribution in [1.82, 2.24) is 10.5 Å². The quantitative estimate of drug-likeness (QED) is 0.855. The van der Waals surface area contributed by atoms with Crippen molar-refractivity contribution in [2.24, 2.45) is 0 Å². The van der Waals surface area contributed by atoms with Crippen LogP contribution in [-0.2, 0) is 0 Å². The van der Waals surface area contributed by atoms with Gasteiger partial charge >= 0.3 is 0 Å². The Morgan fingerprint density at radius 1 is 1.50 bits per heavy atom. The lowest BCUT2D eigenvalue weighted by Crippen LogP contribution is -2.28. The molecule has 2 aromatic rings. The Morgan fingerprint density at radius 3 is 3.38 bits per heavy atom. The lowest BCUT2D eigenvalue weighted by molar-refractivity contribution is 0.274. The van der Waals surface area contributed by atoms with Crippen molar-refractivity contribution in [3.05, 3.63) is 24.4 Å². The minimum Gasteiger partial charge on any atom is -0.488 e. The third-order valence-electron chi connectivity index (χ3n) is 2.95. The average Bonchev–Trinajstić information content (AvgIpc) is 2.97. The Hall–Kier alpha value is -1.55. The third-order valence-corrected chi connectivity index (χ3v) is 2.95. The van der Waals surface area contributed by atoms with Crippen molar-refractivity contribution in [2.45, 2.75) is 18.9 Å². The molecule has 2 heterocycles. The molecule has 0 amide bonds. The second kappa shape index (κ2) is 4.14. The molecule has 1 unspecified atom stereocenters. The van der Waals surface area contributed by atoms with E-state index < -0.39 is 0 Å². The van der Waals surface area contributed by atoms with Gasteiger partial charge in [-0.2, -0.15) is 0 Å². The molecule has 0 bridgehead atoms. The van der Waals surface area contributed by atoms with Crippen LogP contribution in [0.15, 0.2) is 28.9 Å². The number of fused-ring (bicyclic) bond motifs is 1. The van der Waals surface area contributed by atoms with Crippen LogP contribution in [0, 0.1) is 0 Å². The van der Waals surface area contributed by atoms with Crippen LogP contribution in [0.3, 0.4) is 0 Å². The van der Waals surface area contributed by atoms with E-state index in [-0.39, 0.29) is 0 Å². The Labute approximate surface area is 93.6 Å². The van der Waals surface area contributed by atoms with Crippen LogP contribution >= 0.6 is 0 Å². The predicted octanol–water partition coefficient (Wildman–Crippen LogP) is 1.96. The van der Waals surface area contributed by atoms with Gasteiger partial charge in [-0.25, -0.2) is 0 Å². The smallest absolute Gasteiger partial charge is 0.208 e. The second-order valence-corrected chi connectivity index (χ2v) is 4.10. The molecule has 1 fully saturated rings. The Morgan fingerprint density at radius 2 is 2.50 bits per heavy atom. The number of benzene rings is 1. The number of hydrogen-bond donors (Lipinski definition) is 1. The molecule has 1 aliphatic rings. The summed E-state index contributed by atoms with van der Waals surface area (Å²) in [7, 11) is 0. The zero-order chi connectivity index (χ0) is 10.8. The summed E-state index contributed by atoms with van der Waals surface area (Å²) in [5.74, 6) is 0.781. The Balaban J connectivity index is 1.75. The van der Waals surface area contributed by atoms with Crippen molar-refractivity contribution in [3.8, 4) is 5.75 Å². The highest BCUT2D eigenvalue weighted by atomic mass is 16.5. The van der Waals surface area contributed by atoms with E-state index in [0.717, 1.165) is 23.3 Å². The van der Waals surface area contributed by atoms with Gasteiger partial charge in [-0.1, -0.05) is 11.2 Å². The molecule has 1 aromatic heterocycles. The van der Waals surface area contributed by atoms with E-state index in [1.165, 1.54) is 12.8 Å². The van der Waals surface area contributed by atoms with Crippen molar-refractivity contribution in [1.29, 1.82) is 0 Å². The fourth-order valence-electron chi connectivity index (χ4n) is 2.07. The van der Waals surface area contributed by atoms with Crippen LogP contribution in [-0.4, -0.2) is 24.4 Å². The van der Waals surface area contributed by atoms with Gasteiger partial charge in [0, 0.05) is 11.4 Å². The summed E-state index contributed by atoms with van der Waals surface area (Å²) >= 11 is 0. The first-order chi connectivity index (χ1) is 7.93. The largest absolute Gasteiger partial charge is 0.488 e. The third kappa shape index (κ3) is 1.76. The summed E-state index contributed by atoms with van der Waals surface area (Å²) in [5, 5.41) is 8.15. The summed E-state index contributed by atoms with van der Waals surface area (Å²) in [6.07, 6.45) is 4.13. The van der Waals surface area contributed by atoms with Crippen LogP contribution in [0.5, 0.6) is 5.75 Å². The van der Waals surface area contributed by atoms with Crippen molar-refractivity contribution < 1.29 is 9.26 Å². The maximum atomic E-state index is 5.77. The zero-order valence-corrected chi connectivity index (χ0v) is 8.98. The summed E-state index contributed by atoms with van der Waals surface area (Å²) in [6, 6.07) is 6.31. The summed E-state index contributed by atoms with van der Waals surface area (Å²) in [6.45, 7) is 1.79. The molecule has 1 atom stereocenters. The highest BCUT2D eigenvalue weighted by Crippen LogP contribution is 2.25. The van der Waals surface area contributed by atoms with E-state index in [1.807, 2.05) is 18.2 Å². The Bertz CT molecular complexity index is 475. The maximum absolute atomic E-state index is 5.77. The molecule has 84 valence electrons. The van der Waals surface area contributed by atoms with Crippen LogP contribution in [0.25, 0.3) is 11.0 Å². The number of nitrogens with zero attached hydrogens (tertiary/aromatic N) is 1. The first kappa shape index (κ1) is 9.66. The van der Waals surface area contributed by atoms with Crippen LogP contribution in [0.2, 0.25) is 0 Å². The summed E-state index contributed by atoms with van der Waals surface area (Å²) in [5.41, 5.74) is 0.737. The Kier molecular flexibility index (Phi) is 2.50. The SMILES string of the molecule is c1cc(OCC2CCCN2)c2oncc2c1. The highest BCUT2D eigenvalue weighted by molar-refractivity contribution is 5.81. The standard InChI is InChI=1S/C12H14N2O2/c1-3-9-7-14-16-12(9)11(5-1)15-8-10-4-2-6-13-10/h1,3,5,7,10,13H,2,4,6,8H2. The maximum Gasteiger partial charge on any atom is 0.208 e. The molecule has 16 heavy (non-hydrogen) atoms. The molecule has 1 N–H and O–H groups in total. The summed E-state index contributed by atoms with van der Waals surface area (Å²) < 4.78 is 10.9. The molecular weight excluding hydrogens is 204 g/mol. The molecule has 0 spiro atoms. The van der Waals surface area contributed by atoms with E-state index >= 15 is 0 Å². The van der Waals surface area contributed by atoms with E-state index in [1.54, 1.807) is 6.20 Å². The molecule has 3 rings (SSSR count). The molecule has 4 nitrogen and oxygen atoms in total. The van der Waals surface area contributed by atoms with Crippen molar-refractivity contribution in [3.63, 3.8) is 0 Å². The van der Waals surface area contributed by atoms with E-state index in [0.29, 0.717) is 12.6 Å². The van der Waals surface area contributed by atoms with E-state index in [4.69, 9.17) is 9.26 Å². The number of nitrogens with one attached hydrogen (secondary N) is 1. The van der Waals surface area contributed by atoms with Crippen LogP contribution < -0.4 is 10.1 Å². The molecule has 0 radical (unpaired) electrons.